The van der Waals surface area contributed by atoms with Gasteiger partial charge in [-0.2, -0.15) is 5.26 Å². The van der Waals surface area contributed by atoms with Gasteiger partial charge in [0.25, 0.3) is 0 Å². The topological polar surface area (TPSA) is 56.6 Å². The molecule has 0 N–H and O–H groups in total. The first-order chi connectivity index (χ1) is 14.7. The van der Waals surface area contributed by atoms with Crippen molar-refractivity contribution in [2.45, 2.75) is 12.5 Å². The van der Waals surface area contributed by atoms with Gasteiger partial charge in [0.15, 0.2) is 0 Å². The lowest BCUT2D eigenvalue weighted by molar-refractivity contribution is -0.132. The highest BCUT2D eigenvalue weighted by Crippen LogP contribution is 2.24. The summed E-state index contributed by atoms with van der Waals surface area (Å²) in [6, 6.07) is 24.1. The molecule has 5 heteroatoms. The van der Waals surface area contributed by atoms with Crippen LogP contribution >= 0.6 is 0 Å². The van der Waals surface area contributed by atoms with Crippen molar-refractivity contribution in [1.29, 1.82) is 5.26 Å². The lowest BCUT2D eigenvalue weighted by Gasteiger charge is -2.37. The van der Waals surface area contributed by atoms with Crippen LogP contribution in [0.5, 0.6) is 5.75 Å². The third-order valence-electron chi connectivity index (χ3n) is 5.76. The molecule has 3 aromatic rings. The Morgan fingerprint density at radius 3 is 2.37 bits per heavy atom. The highest BCUT2D eigenvalue weighted by molar-refractivity contribution is 5.85. The van der Waals surface area contributed by atoms with E-state index in [1.165, 1.54) is 5.39 Å². The molecular weight excluding hydrogens is 374 g/mol. The van der Waals surface area contributed by atoms with Gasteiger partial charge in [-0.25, -0.2) is 0 Å². The number of hydrogen-bond acceptors (Lipinski definition) is 4. The summed E-state index contributed by atoms with van der Waals surface area (Å²) in [5, 5.41) is 12.1. The highest BCUT2D eigenvalue weighted by atomic mass is 16.5. The normalized spacial score (nSPS) is 15.5. The smallest absolute Gasteiger partial charge is 0.227 e. The Morgan fingerprint density at radius 2 is 1.70 bits per heavy atom. The van der Waals surface area contributed by atoms with Gasteiger partial charge in [0, 0.05) is 26.2 Å². The van der Waals surface area contributed by atoms with Gasteiger partial charge in [-0.1, -0.05) is 54.6 Å². The van der Waals surface area contributed by atoms with E-state index in [0.29, 0.717) is 32.6 Å². The van der Waals surface area contributed by atoms with Gasteiger partial charge >= 0.3 is 0 Å². The number of amides is 1. The fourth-order valence-corrected chi connectivity index (χ4v) is 4.02. The van der Waals surface area contributed by atoms with Gasteiger partial charge in [0.1, 0.15) is 11.8 Å². The van der Waals surface area contributed by atoms with Gasteiger partial charge in [0.05, 0.1) is 19.6 Å². The number of nitriles is 1. The Labute approximate surface area is 177 Å². The Hall–Kier alpha value is -3.36. The third kappa shape index (κ3) is 4.29. The summed E-state index contributed by atoms with van der Waals surface area (Å²) in [7, 11) is 1.63. The fourth-order valence-electron chi connectivity index (χ4n) is 4.02. The van der Waals surface area contributed by atoms with E-state index in [1.807, 2.05) is 47.4 Å². The Morgan fingerprint density at radius 1 is 1.00 bits per heavy atom. The van der Waals surface area contributed by atoms with Crippen molar-refractivity contribution in [2.75, 3.05) is 33.3 Å². The van der Waals surface area contributed by atoms with Gasteiger partial charge < -0.3 is 9.64 Å². The first-order valence-corrected chi connectivity index (χ1v) is 10.2. The van der Waals surface area contributed by atoms with E-state index in [0.717, 1.165) is 22.3 Å². The standard InChI is InChI=1S/C25H25N3O2/c1-30-23-10-8-21(9-11-23)24(18-26)27-12-14-28(15-13-27)25(29)17-19-6-7-20-4-2-3-5-22(20)16-19/h2-11,16,24H,12-15,17H2,1H3. The maximum atomic E-state index is 12.8. The minimum Gasteiger partial charge on any atom is -0.497 e. The van der Waals surface area contributed by atoms with Crippen molar-refractivity contribution in [1.82, 2.24) is 9.80 Å². The number of carbonyl (C=O) groups excluding carboxylic acids is 1. The predicted octanol–water partition coefficient (Wildman–Crippen LogP) is 3.80. The van der Waals surface area contributed by atoms with E-state index in [1.54, 1.807) is 7.11 Å². The molecule has 1 atom stereocenters. The average Bonchev–Trinajstić information content (AvgIpc) is 2.80. The number of carbonyl (C=O) groups is 1. The molecule has 0 saturated carbocycles. The molecule has 0 spiro atoms. The van der Waals surface area contributed by atoms with Crippen molar-refractivity contribution in [3.8, 4) is 11.8 Å². The van der Waals surface area contributed by atoms with Gasteiger partial charge in [-0.3, -0.25) is 9.69 Å². The second-order valence-electron chi connectivity index (χ2n) is 7.58. The van der Waals surface area contributed by atoms with Gasteiger partial charge in [0.2, 0.25) is 5.91 Å². The van der Waals surface area contributed by atoms with E-state index < -0.39 is 0 Å². The average molecular weight is 399 g/mol. The molecule has 30 heavy (non-hydrogen) atoms. The zero-order chi connectivity index (χ0) is 20.9. The number of benzene rings is 3. The summed E-state index contributed by atoms with van der Waals surface area (Å²) in [6.07, 6.45) is 0.408. The molecule has 1 fully saturated rings. The number of rotatable bonds is 5. The van der Waals surface area contributed by atoms with E-state index in [4.69, 9.17) is 4.74 Å². The first-order valence-electron chi connectivity index (χ1n) is 10.2. The molecule has 1 heterocycles. The molecule has 152 valence electrons. The summed E-state index contributed by atoms with van der Waals surface area (Å²) in [6.45, 7) is 2.66. The molecule has 1 amide bonds. The number of ether oxygens (including phenoxy) is 1. The zero-order valence-electron chi connectivity index (χ0n) is 17.1. The zero-order valence-corrected chi connectivity index (χ0v) is 17.1. The minimum absolute atomic E-state index is 0.142. The maximum Gasteiger partial charge on any atom is 0.227 e. The Balaban J connectivity index is 1.36. The first kappa shape index (κ1) is 19.9. The summed E-state index contributed by atoms with van der Waals surface area (Å²) in [5.74, 6) is 0.919. The number of methoxy groups -OCH3 is 1. The molecule has 1 unspecified atom stereocenters. The highest BCUT2D eigenvalue weighted by Gasteiger charge is 2.27. The number of nitrogens with zero attached hydrogens (tertiary/aromatic N) is 3. The summed E-state index contributed by atoms with van der Waals surface area (Å²) in [4.78, 5) is 16.9. The van der Waals surface area contributed by atoms with Crippen LogP contribution in [-0.2, 0) is 11.2 Å². The summed E-state index contributed by atoms with van der Waals surface area (Å²) < 4.78 is 5.20. The van der Waals surface area contributed by atoms with Crippen molar-refractivity contribution < 1.29 is 9.53 Å². The molecule has 4 rings (SSSR count). The predicted molar refractivity (Wildman–Crippen MR) is 117 cm³/mol. The van der Waals surface area contributed by atoms with E-state index in [9.17, 15) is 10.1 Å². The lowest BCUT2D eigenvalue weighted by Crippen LogP contribution is -2.49. The largest absolute Gasteiger partial charge is 0.497 e. The van der Waals surface area contributed by atoms with Gasteiger partial charge in [-0.15, -0.1) is 0 Å². The molecule has 5 nitrogen and oxygen atoms in total. The van der Waals surface area contributed by atoms with Crippen molar-refractivity contribution in [3.63, 3.8) is 0 Å². The molecule has 1 saturated heterocycles. The number of hydrogen-bond donors (Lipinski definition) is 0. The molecule has 3 aromatic carbocycles. The molecular formula is C25H25N3O2. The van der Waals surface area contributed by atoms with Crippen LogP contribution in [0.2, 0.25) is 0 Å². The van der Waals surface area contributed by atoms with Crippen LogP contribution in [0.3, 0.4) is 0 Å². The van der Waals surface area contributed by atoms with Crippen LogP contribution in [0.4, 0.5) is 0 Å². The molecule has 0 aromatic heterocycles. The molecule has 1 aliphatic rings. The van der Waals surface area contributed by atoms with Crippen LogP contribution in [0.25, 0.3) is 10.8 Å². The minimum atomic E-state index is -0.311. The quantitative estimate of drug-likeness (QED) is 0.655. The van der Waals surface area contributed by atoms with Crippen molar-refractivity contribution in [2.24, 2.45) is 0 Å². The molecule has 1 aliphatic heterocycles. The van der Waals surface area contributed by atoms with E-state index in [2.05, 4.69) is 35.2 Å². The molecule has 0 aliphatic carbocycles. The van der Waals surface area contributed by atoms with Crippen LogP contribution in [0.15, 0.2) is 66.7 Å². The third-order valence-corrected chi connectivity index (χ3v) is 5.76. The van der Waals surface area contributed by atoms with Crippen LogP contribution in [-0.4, -0.2) is 49.0 Å². The second-order valence-corrected chi connectivity index (χ2v) is 7.58. The fraction of sp³-hybridized carbons (Fsp3) is 0.280. The van der Waals surface area contributed by atoms with Crippen LogP contribution in [0.1, 0.15) is 17.2 Å². The summed E-state index contributed by atoms with van der Waals surface area (Å²) in [5.41, 5.74) is 1.99. The molecule has 0 radical (unpaired) electrons. The number of fused-ring (bicyclic) bond motifs is 1. The Bertz CT molecular complexity index is 1060. The summed E-state index contributed by atoms with van der Waals surface area (Å²) >= 11 is 0. The second kappa shape index (κ2) is 8.98. The monoisotopic (exact) mass is 399 g/mol. The maximum absolute atomic E-state index is 12.8. The van der Waals surface area contributed by atoms with Crippen molar-refractivity contribution in [3.05, 3.63) is 77.9 Å². The number of piperazine rings is 1. The van der Waals surface area contributed by atoms with Crippen LogP contribution < -0.4 is 4.74 Å². The van der Waals surface area contributed by atoms with Crippen molar-refractivity contribution >= 4 is 16.7 Å². The SMILES string of the molecule is COc1ccc(C(C#N)N2CCN(C(=O)Cc3ccc4ccccc4c3)CC2)cc1. The molecule has 0 bridgehead atoms. The van der Waals surface area contributed by atoms with E-state index in [-0.39, 0.29) is 11.9 Å². The van der Waals surface area contributed by atoms with E-state index >= 15 is 0 Å². The van der Waals surface area contributed by atoms with Crippen LogP contribution in [0, 0.1) is 11.3 Å². The lowest BCUT2D eigenvalue weighted by atomic mass is 10.0. The van der Waals surface area contributed by atoms with Gasteiger partial charge in [-0.05, 0) is 34.0 Å². The Kier molecular flexibility index (Phi) is 5.97.